The number of carbonyl (C=O) groups excluding carboxylic acids is 2. The van der Waals surface area contributed by atoms with Crippen molar-refractivity contribution in [1.82, 2.24) is 5.32 Å². The summed E-state index contributed by atoms with van der Waals surface area (Å²) in [5.74, 6) is 0.0903. The summed E-state index contributed by atoms with van der Waals surface area (Å²) in [5, 5.41) is 2.76. The number of ether oxygens (including phenoxy) is 1. The normalized spacial score (nSPS) is 11.5. The number of ketones is 1. The van der Waals surface area contributed by atoms with E-state index >= 15 is 0 Å². The molecule has 0 rings (SSSR count). The maximum atomic E-state index is 11.7. The van der Waals surface area contributed by atoms with E-state index in [0.29, 0.717) is 19.4 Å². The van der Waals surface area contributed by atoms with E-state index in [4.69, 9.17) is 4.74 Å². The minimum Gasteiger partial charge on any atom is -0.449 e. The summed E-state index contributed by atoms with van der Waals surface area (Å²) in [7, 11) is 0. The number of hydrogen-bond acceptors (Lipinski definition) is 3. The molecule has 140 valence electrons. The number of hydrogen-bond donors (Lipinski definition) is 1. The molecule has 1 N–H and O–H groups in total. The topological polar surface area (TPSA) is 55.4 Å². The van der Waals surface area contributed by atoms with Crippen LogP contribution in [0.25, 0.3) is 0 Å². The van der Waals surface area contributed by atoms with E-state index in [1.807, 2.05) is 40.7 Å². The lowest BCUT2D eigenvalue weighted by molar-refractivity contribution is -0.114. The largest absolute Gasteiger partial charge is 0.449 e. The van der Waals surface area contributed by atoms with Gasteiger partial charge in [0.25, 0.3) is 0 Å². The lowest BCUT2D eigenvalue weighted by atomic mass is 9.89. The zero-order chi connectivity index (χ0) is 19.2. The molecule has 4 nitrogen and oxygen atoms in total. The Morgan fingerprint density at radius 1 is 1.25 bits per heavy atom. The number of allylic oxidation sites excluding steroid dienone is 3. The second kappa shape index (κ2) is 13.8. The molecule has 0 aromatic heterocycles. The molecule has 0 aliphatic heterocycles. The molecular weight excluding hydrogens is 302 g/mol. The number of amides is 1. The molecule has 0 bridgehead atoms. The van der Waals surface area contributed by atoms with Gasteiger partial charge < -0.3 is 10.1 Å². The van der Waals surface area contributed by atoms with Crippen molar-refractivity contribution < 1.29 is 14.3 Å². The van der Waals surface area contributed by atoms with Gasteiger partial charge in [-0.05, 0) is 51.5 Å². The van der Waals surface area contributed by atoms with Gasteiger partial charge in [0.1, 0.15) is 0 Å². The summed E-state index contributed by atoms with van der Waals surface area (Å²) in [5.41, 5.74) is 0.931. The van der Waals surface area contributed by atoms with Crippen LogP contribution in [0.2, 0.25) is 0 Å². The molecule has 24 heavy (non-hydrogen) atoms. The van der Waals surface area contributed by atoms with Gasteiger partial charge in [0.05, 0.1) is 6.61 Å². The zero-order valence-electron chi connectivity index (χ0n) is 16.7. The summed E-state index contributed by atoms with van der Waals surface area (Å²) in [6.07, 6.45) is 5.95. The summed E-state index contributed by atoms with van der Waals surface area (Å²) in [6, 6.07) is -0.0849. The van der Waals surface area contributed by atoms with Gasteiger partial charge in [-0.15, -0.1) is 6.58 Å². The molecule has 1 amide bonds. The van der Waals surface area contributed by atoms with Crippen molar-refractivity contribution in [2.45, 2.75) is 80.2 Å². The van der Waals surface area contributed by atoms with E-state index in [-0.39, 0.29) is 17.2 Å². The molecule has 0 heterocycles. The fourth-order valence-electron chi connectivity index (χ4n) is 1.89. The SMILES string of the molecule is C=CCCC(C)(C)COC(=O)NC(C)CCC(=O)C=C(C)C.CC. The van der Waals surface area contributed by atoms with Crippen LogP contribution in [0, 0.1) is 5.41 Å². The van der Waals surface area contributed by atoms with E-state index in [9.17, 15) is 9.59 Å². The van der Waals surface area contributed by atoms with Gasteiger partial charge in [-0.2, -0.15) is 0 Å². The summed E-state index contributed by atoms with van der Waals surface area (Å²) >= 11 is 0. The predicted octanol–water partition coefficient (Wildman–Crippen LogP) is 5.44. The van der Waals surface area contributed by atoms with Crippen molar-refractivity contribution in [3.63, 3.8) is 0 Å². The first-order chi connectivity index (χ1) is 11.2. The first-order valence-electron chi connectivity index (χ1n) is 8.88. The highest BCUT2D eigenvalue weighted by Crippen LogP contribution is 2.22. The molecule has 0 spiro atoms. The van der Waals surface area contributed by atoms with Crippen LogP contribution in [0.5, 0.6) is 0 Å². The molecule has 0 fully saturated rings. The molecule has 0 saturated heterocycles. The van der Waals surface area contributed by atoms with Gasteiger partial charge >= 0.3 is 6.09 Å². The Balaban J connectivity index is 0. The van der Waals surface area contributed by atoms with Crippen molar-refractivity contribution in [3.8, 4) is 0 Å². The molecular formula is C20H37NO3. The summed E-state index contributed by atoms with van der Waals surface area (Å²) in [6.45, 7) is 17.9. The molecule has 0 radical (unpaired) electrons. The second-order valence-electron chi connectivity index (χ2n) is 6.84. The van der Waals surface area contributed by atoms with Gasteiger partial charge in [0.15, 0.2) is 5.78 Å². The predicted molar refractivity (Wildman–Crippen MR) is 102 cm³/mol. The monoisotopic (exact) mass is 339 g/mol. The average Bonchev–Trinajstić information content (AvgIpc) is 2.50. The van der Waals surface area contributed by atoms with E-state index < -0.39 is 6.09 Å². The highest BCUT2D eigenvalue weighted by Gasteiger charge is 2.20. The molecule has 0 aliphatic carbocycles. The van der Waals surface area contributed by atoms with E-state index in [2.05, 4.69) is 25.7 Å². The lowest BCUT2D eigenvalue weighted by Crippen LogP contribution is -2.35. The first-order valence-corrected chi connectivity index (χ1v) is 8.88. The molecule has 4 heteroatoms. The third kappa shape index (κ3) is 15.3. The molecule has 0 aromatic rings. The zero-order valence-corrected chi connectivity index (χ0v) is 16.7. The van der Waals surface area contributed by atoms with E-state index in [1.54, 1.807) is 6.08 Å². The molecule has 1 atom stereocenters. The lowest BCUT2D eigenvalue weighted by Gasteiger charge is -2.24. The van der Waals surface area contributed by atoms with Gasteiger partial charge in [0.2, 0.25) is 0 Å². The highest BCUT2D eigenvalue weighted by molar-refractivity contribution is 5.90. The average molecular weight is 340 g/mol. The van der Waals surface area contributed by atoms with Crippen LogP contribution < -0.4 is 5.32 Å². The second-order valence-corrected chi connectivity index (χ2v) is 6.84. The van der Waals surface area contributed by atoms with Crippen LogP contribution in [-0.4, -0.2) is 24.5 Å². The van der Waals surface area contributed by atoms with Crippen LogP contribution >= 0.6 is 0 Å². The first kappa shape index (κ1) is 24.7. The number of carbonyl (C=O) groups is 2. The minimum atomic E-state index is -0.422. The maximum absolute atomic E-state index is 11.7. The Hall–Kier alpha value is -1.58. The van der Waals surface area contributed by atoms with Gasteiger partial charge in [-0.3, -0.25) is 4.79 Å². The quantitative estimate of drug-likeness (QED) is 0.426. The molecule has 1 unspecified atom stereocenters. The third-order valence-electron chi connectivity index (χ3n) is 3.26. The van der Waals surface area contributed by atoms with Gasteiger partial charge in [-0.1, -0.05) is 39.3 Å². The van der Waals surface area contributed by atoms with E-state index in [0.717, 1.165) is 18.4 Å². The molecule has 0 saturated carbocycles. The van der Waals surface area contributed by atoms with E-state index in [1.165, 1.54) is 0 Å². The third-order valence-corrected chi connectivity index (χ3v) is 3.26. The van der Waals surface area contributed by atoms with Crippen molar-refractivity contribution in [2.24, 2.45) is 5.41 Å². The Morgan fingerprint density at radius 3 is 2.33 bits per heavy atom. The van der Waals surface area contributed by atoms with Crippen LogP contribution in [0.4, 0.5) is 4.79 Å². The van der Waals surface area contributed by atoms with Crippen molar-refractivity contribution in [3.05, 3.63) is 24.3 Å². The van der Waals surface area contributed by atoms with Gasteiger partial charge in [-0.25, -0.2) is 4.79 Å². The van der Waals surface area contributed by atoms with Crippen LogP contribution in [0.15, 0.2) is 24.3 Å². The van der Waals surface area contributed by atoms with Crippen molar-refractivity contribution in [2.75, 3.05) is 6.61 Å². The van der Waals surface area contributed by atoms with Crippen LogP contribution in [0.1, 0.15) is 74.1 Å². The Morgan fingerprint density at radius 2 is 1.83 bits per heavy atom. The smallest absolute Gasteiger partial charge is 0.407 e. The Kier molecular flexibility index (Phi) is 14.2. The maximum Gasteiger partial charge on any atom is 0.407 e. The summed E-state index contributed by atoms with van der Waals surface area (Å²) in [4.78, 5) is 23.3. The Bertz CT molecular complexity index is 407. The fraction of sp³-hybridized carbons (Fsp3) is 0.700. The number of nitrogens with one attached hydrogen (secondary N) is 1. The fourth-order valence-corrected chi connectivity index (χ4v) is 1.89. The minimum absolute atomic E-state index is 0.0613. The van der Waals surface area contributed by atoms with Crippen molar-refractivity contribution in [1.29, 1.82) is 0 Å². The summed E-state index contributed by atoms with van der Waals surface area (Å²) < 4.78 is 5.26. The highest BCUT2D eigenvalue weighted by atomic mass is 16.5. The number of rotatable bonds is 10. The molecule has 0 aliphatic rings. The molecule has 0 aromatic carbocycles. The van der Waals surface area contributed by atoms with Crippen molar-refractivity contribution >= 4 is 11.9 Å². The standard InChI is InChI=1S/C18H31NO3.C2H6/c1-7-8-11-18(5,6)13-22-17(21)19-15(4)9-10-16(20)12-14(2)3;1-2/h7,12,15H,1,8-11,13H2,2-6H3,(H,19,21);1-2H3. The van der Waals surface area contributed by atoms with Gasteiger partial charge in [0, 0.05) is 12.5 Å². The Labute approximate surface area is 148 Å². The number of alkyl carbamates (subject to hydrolysis) is 1. The van der Waals surface area contributed by atoms with Crippen LogP contribution in [-0.2, 0) is 9.53 Å². The van der Waals surface area contributed by atoms with Crippen LogP contribution in [0.3, 0.4) is 0 Å².